The van der Waals surface area contributed by atoms with Gasteiger partial charge in [0, 0.05) is 80.5 Å². The van der Waals surface area contributed by atoms with E-state index in [0.717, 1.165) is 70.3 Å². The number of aromatic nitrogens is 1. The molecule has 3 aromatic rings. The van der Waals surface area contributed by atoms with E-state index >= 15 is 0 Å². The molecule has 52 heavy (non-hydrogen) atoms. The molecule has 274 valence electrons. The number of hydrogen-bond acceptors (Lipinski definition) is 8. The third-order valence-electron chi connectivity index (χ3n) is 10.7. The van der Waals surface area contributed by atoms with Crippen LogP contribution in [-0.2, 0) is 34.0 Å². The van der Waals surface area contributed by atoms with Gasteiger partial charge in [0.15, 0.2) is 6.29 Å². The molecule has 0 saturated carbocycles. The first-order valence-electron chi connectivity index (χ1n) is 18.5. The van der Waals surface area contributed by atoms with E-state index in [4.69, 9.17) is 26.3 Å². The summed E-state index contributed by atoms with van der Waals surface area (Å²) in [6, 6.07) is 17.3. The van der Waals surface area contributed by atoms with Crippen molar-refractivity contribution in [2.24, 2.45) is 5.41 Å². The second-order valence-electron chi connectivity index (χ2n) is 14.5. The first kappa shape index (κ1) is 37.5. The first-order valence-corrected chi connectivity index (χ1v) is 18.9. The summed E-state index contributed by atoms with van der Waals surface area (Å²) in [5.74, 6) is 0.654. The van der Waals surface area contributed by atoms with Gasteiger partial charge in [-0.1, -0.05) is 41.9 Å². The lowest BCUT2D eigenvalue weighted by Gasteiger charge is -2.48. The predicted octanol–water partition coefficient (Wildman–Crippen LogP) is 6.23. The number of hydrogen-bond donors (Lipinski definition) is 0. The van der Waals surface area contributed by atoms with Crippen LogP contribution in [0.25, 0.3) is 0 Å². The van der Waals surface area contributed by atoms with E-state index in [1.165, 1.54) is 11.8 Å². The van der Waals surface area contributed by atoms with Gasteiger partial charge in [-0.25, -0.2) is 0 Å². The van der Waals surface area contributed by atoms with Crippen molar-refractivity contribution in [3.63, 3.8) is 0 Å². The highest BCUT2D eigenvalue weighted by Crippen LogP contribution is 2.39. The minimum Gasteiger partial charge on any atom is -0.488 e. The molecule has 2 amide bonds. The average Bonchev–Trinajstić information content (AvgIpc) is 3.63. The van der Waals surface area contributed by atoms with E-state index in [1.807, 2.05) is 23.1 Å². The molecule has 6 rings (SSSR count). The summed E-state index contributed by atoms with van der Waals surface area (Å²) < 4.78 is 12.1. The molecule has 3 aliphatic heterocycles. The molecule has 0 bridgehead atoms. The average molecular weight is 726 g/mol. The van der Waals surface area contributed by atoms with Crippen molar-refractivity contribution in [1.82, 2.24) is 19.7 Å². The van der Waals surface area contributed by atoms with Crippen LogP contribution in [0.15, 0.2) is 60.9 Å². The largest absolute Gasteiger partial charge is 0.488 e. The number of ether oxygens (including phenoxy) is 2. The van der Waals surface area contributed by atoms with Crippen LogP contribution in [0, 0.1) is 16.7 Å². The lowest BCUT2D eigenvalue weighted by molar-refractivity contribution is -0.140. The number of nitrogens with zero attached hydrogens (tertiary/aromatic N) is 5. The van der Waals surface area contributed by atoms with Crippen LogP contribution < -0.4 is 4.74 Å². The summed E-state index contributed by atoms with van der Waals surface area (Å²) in [5.41, 5.74) is 3.29. The number of piperidine rings is 2. The van der Waals surface area contributed by atoms with E-state index in [-0.39, 0.29) is 36.4 Å². The molecule has 3 fully saturated rings. The predicted molar refractivity (Wildman–Crippen MR) is 198 cm³/mol. The SMILES string of the molecule is N#Cc1cncc(COc2cc(CCC(=O)N3CCCC4(CCCN(C(=O)CCCN5CC[C@@H](OCc6ccccc6)C5)C4)C3)c(Cl)cc2C=O)c1. The number of benzene rings is 2. The molecular formula is C41H48ClN5O5. The van der Waals surface area contributed by atoms with E-state index in [1.54, 1.807) is 24.4 Å². The van der Waals surface area contributed by atoms with Crippen molar-refractivity contribution in [3.05, 3.63) is 93.8 Å². The Kier molecular flexibility index (Phi) is 12.9. The molecule has 1 aromatic heterocycles. The number of halogens is 1. The fraction of sp³-hybridized carbons (Fsp3) is 0.488. The quantitative estimate of drug-likeness (QED) is 0.180. The summed E-state index contributed by atoms with van der Waals surface area (Å²) in [5, 5.41) is 9.57. The lowest BCUT2D eigenvalue weighted by Crippen LogP contribution is -2.54. The Morgan fingerprint density at radius 1 is 0.962 bits per heavy atom. The second-order valence-corrected chi connectivity index (χ2v) is 14.9. The molecule has 10 nitrogen and oxygen atoms in total. The third-order valence-corrected chi connectivity index (χ3v) is 11.0. The summed E-state index contributed by atoms with van der Waals surface area (Å²) in [6.07, 6.45) is 11.0. The van der Waals surface area contributed by atoms with Gasteiger partial charge in [0.25, 0.3) is 0 Å². The summed E-state index contributed by atoms with van der Waals surface area (Å²) >= 11 is 6.55. The molecule has 3 aliphatic rings. The van der Waals surface area contributed by atoms with Crippen LogP contribution in [0.2, 0.25) is 5.02 Å². The minimum absolute atomic E-state index is 0.0663. The Morgan fingerprint density at radius 3 is 2.44 bits per heavy atom. The number of pyridine rings is 1. The summed E-state index contributed by atoms with van der Waals surface area (Å²) in [6.45, 7) is 6.46. The number of nitriles is 1. The lowest BCUT2D eigenvalue weighted by atomic mass is 9.73. The molecule has 0 aliphatic carbocycles. The third kappa shape index (κ3) is 9.97. The first-order chi connectivity index (χ1) is 25.3. The van der Waals surface area contributed by atoms with Gasteiger partial charge in [-0.3, -0.25) is 19.4 Å². The van der Waals surface area contributed by atoms with Crippen molar-refractivity contribution >= 4 is 29.7 Å². The molecule has 1 unspecified atom stereocenters. The molecular weight excluding hydrogens is 678 g/mol. The number of aryl methyl sites for hydroxylation is 1. The van der Waals surface area contributed by atoms with Gasteiger partial charge in [0.05, 0.1) is 23.8 Å². The van der Waals surface area contributed by atoms with Crippen LogP contribution in [-0.4, -0.2) is 89.7 Å². The Morgan fingerprint density at radius 2 is 1.71 bits per heavy atom. The number of amides is 2. The fourth-order valence-electron chi connectivity index (χ4n) is 7.92. The van der Waals surface area contributed by atoms with Crippen LogP contribution in [0.5, 0.6) is 5.75 Å². The van der Waals surface area contributed by atoms with Gasteiger partial charge < -0.3 is 24.2 Å². The molecule has 0 radical (unpaired) electrons. The van der Waals surface area contributed by atoms with E-state index in [0.29, 0.717) is 72.8 Å². The second kappa shape index (κ2) is 18.0. The standard InChI is InChI=1S/C41H48ClN5O5/c42-37-20-35(26-48)38(52-28-33-19-32(22-43)23-44-24-33)21-34(37)10-11-40(50)47-17-6-14-41(30-47)13-5-16-46(29-41)39(49)9-4-15-45-18-12-36(25-45)51-27-31-7-2-1-3-8-31/h1-3,7-8,19-21,23-24,26,36H,4-6,9-18,25,27-30H2/t36-,41?/m1/s1. The molecule has 11 heteroatoms. The van der Waals surface area contributed by atoms with Crippen molar-refractivity contribution < 1.29 is 23.9 Å². The number of rotatable bonds is 14. The Bertz CT molecular complexity index is 1750. The van der Waals surface area contributed by atoms with E-state index in [9.17, 15) is 14.4 Å². The number of aldehydes is 1. The topological polar surface area (TPSA) is 116 Å². The molecule has 1 spiro atoms. The van der Waals surface area contributed by atoms with Crippen LogP contribution in [0.1, 0.15) is 84.0 Å². The maximum absolute atomic E-state index is 13.6. The maximum Gasteiger partial charge on any atom is 0.222 e. The summed E-state index contributed by atoms with van der Waals surface area (Å²) in [4.78, 5) is 49.2. The zero-order valence-electron chi connectivity index (χ0n) is 29.8. The molecule has 4 heterocycles. The van der Waals surface area contributed by atoms with Crippen molar-refractivity contribution in [2.75, 3.05) is 45.8 Å². The molecule has 2 aromatic carbocycles. The van der Waals surface area contributed by atoms with Gasteiger partial charge in [0.2, 0.25) is 11.8 Å². The van der Waals surface area contributed by atoms with Crippen LogP contribution in [0.3, 0.4) is 0 Å². The Labute approximate surface area is 311 Å². The van der Waals surface area contributed by atoms with E-state index < -0.39 is 0 Å². The summed E-state index contributed by atoms with van der Waals surface area (Å²) in [7, 11) is 0. The minimum atomic E-state index is -0.0674. The van der Waals surface area contributed by atoms with Crippen molar-refractivity contribution in [1.29, 1.82) is 5.26 Å². The molecule has 2 atom stereocenters. The molecule has 3 saturated heterocycles. The highest BCUT2D eigenvalue weighted by Gasteiger charge is 2.41. The van der Waals surface area contributed by atoms with Gasteiger partial charge in [-0.05, 0) is 80.8 Å². The fourth-order valence-corrected chi connectivity index (χ4v) is 8.19. The van der Waals surface area contributed by atoms with Gasteiger partial charge in [-0.15, -0.1) is 0 Å². The zero-order valence-corrected chi connectivity index (χ0v) is 30.6. The Hall–Kier alpha value is -4.30. The van der Waals surface area contributed by atoms with Crippen LogP contribution >= 0.6 is 11.6 Å². The highest BCUT2D eigenvalue weighted by atomic mass is 35.5. The van der Waals surface area contributed by atoms with E-state index in [2.05, 4.69) is 33.0 Å². The van der Waals surface area contributed by atoms with Gasteiger partial charge in [-0.2, -0.15) is 5.26 Å². The highest BCUT2D eigenvalue weighted by molar-refractivity contribution is 6.31. The van der Waals surface area contributed by atoms with Crippen LogP contribution in [0.4, 0.5) is 0 Å². The number of carbonyl (C=O) groups is 3. The normalized spacial score (nSPS) is 20.5. The number of likely N-dealkylation sites (tertiary alicyclic amines) is 3. The van der Waals surface area contributed by atoms with Gasteiger partial charge >= 0.3 is 0 Å². The van der Waals surface area contributed by atoms with Crippen molar-refractivity contribution in [2.45, 2.75) is 77.1 Å². The zero-order chi connectivity index (χ0) is 36.3. The van der Waals surface area contributed by atoms with Gasteiger partial charge in [0.1, 0.15) is 18.4 Å². The Balaban J connectivity index is 0.958. The maximum atomic E-state index is 13.6. The monoisotopic (exact) mass is 725 g/mol. The van der Waals surface area contributed by atoms with Crippen molar-refractivity contribution in [3.8, 4) is 11.8 Å². The molecule has 0 N–H and O–H groups in total. The number of carbonyl (C=O) groups excluding carboxylic acids is 3. The smallest absolute Gasteiger partial charge is 0.222 e.